The zero-order chi connectivity index (χ0) is 18.8. The predicted octanol–water partition coefficient (Wildman–Crippen LogP) is 4.64. The van der Waals surface area contributed by atoms with Crippen molar-refractivity contribution in [2.24, 2.45) is 5.92 Å². The van der Waals surface area contributed by atoms with Crippen molar-refractivity contribution in [1.29, 1.82) is 0 Å². The fraction of sp³-hybridized carbons (Fsp3) is 0.250. The Morgan fingerprint density at radius 3 is 2.67 bits per heavy atom. The van der Waals surface area contributed by atoms with E-state index in [9.17, 15) is 9.59 Å². The van der Waals surface area contributed by atoms with E-state index in [4.69, 9.17) is 0 Å². The summed E-state index contributed by atoms with van der Waals surface area (Å²) in [4.78, 5) is 32.8. The Morgan fingerprint density at radius 2 is 2.00 bits per heavy atom. The van der Waals surface area contributed by atoms with Crippen LogP contribution in [-0.4, -0.2) is 16.8 Å². The van der Waals surface area contributed by atoms with Crippen LogP contribution in [0.4, 0.5) is 10.8 Å². The van der Waals surface area contributed by atoms with Crippen molar-refractivity contribution in [3.8, 4) is 0 Å². The molecule has 0 spiro atoms. The molecule has 0 saturated carbocycles. The van der Waals surface area contributed by atoms with E-state index in [0.717, 1.165) is 16.1 Å². The van der Waals surface area contributed by atoms with Crippen LogP contribution in [0.5, 0.6) is 0 Å². The van der Waals surface area contributed by atoms with E-state index in [1.807, 2.05) is 54.1 Å². The molecule has 27 heavy (non-hydrogen) atoms. The first-order valence-corrected chi connectivity index (χ1v) is 10.5. The van der Waals surface area contributed by atoms with E-state index >= 15 is 0 Å². The lowest BCUT2D eigenvalue weighted by molar-refractivity contribution is -0.125. The van der Waals surface area contributed by atoms with Gasteiger partial charge >= 0.3 is 0 Å². The van der Waals surface area contributed by atoms with Crippen molar-refractivity contribution in [1.82, 2.24) is 4.98 Å². The van der Waals surface area contributed by atoms with Crippen LogP contribution in [0.25, 0.3) is 0 Å². The quantitative estimate of drug-likeness (QED) is 0.698. The summed E-state index contributed by atoms with van der Waals surface area (Å²) in [6.45, 7) is 2.02. The number of hydrogen-bond acceptors (Lipinski definition) is 5. The summed E-state index contributed by atoms with van der Waals surface area (Å²) in [5, 5.41) is 7.31. The summed E-state index contributed by atoms with van der Waals surface area (Å²) in [5.41, 5.74) is 1.96. The third-order valence-electron chi connectivity index (χ3n) is 4.74. The predicted molar refractivity (Wildman–Crippen MR) is 109 cm³/mol. The highest BCUT2D eigenvalue weighted by Gasteiger charge is 2.42. The maximum absolute atomic E-state index is 13.0. The van der Waals surface area contributed by atoms with Gasteiger partial charge in [-0.3, -0.25) is 9.59 Å². The van der Waals surface area contributed by atoms with Crippen LogP contribution in [-0.2, 0) is 9.59 Å². The summed E-state index contributed by atoms with van der Waals surface area (Å²) in [6.07, 6.45) is 2.55. The number of amides is 2. The Hall–Kier alpha value is -2.51. The molecule has 0 unspecified atom stereocenters. The van der Waals surface area contributed by atoms with Gasteiger partial charge in [0.15, 0.2) is 5.13 Å². The molecule has 1 aromatic carbocycles. The maximum Gasteiger partial charge on any atom is 0.231 e. The molecule has 4 rings (SSSR count). The number of thiophene rings is 1. The first-order valence-electron chi connectivity index (χ1n) is 8.76. The number of anilines is 2. The molecular weight excluding hydrogens is 378 g/mol. The molecule has 1 aliphatic rings. The maximum atomic E-state index is 13.0. The van der Waals surface area contributed by atoms with E-state index in [-0.39, 0.29) is 23.8 Å². The van der Waals surface area contributed by atoms with Gasteiger partial charge in [0.25, 0.3) is 0 Å². The number of aromatic nitrogens is 1. The molecule has 138 valence electrons. The Morgan fingerprint density at radius 1 is 1.19 bits per heavy atom. The van der Waals surface area contributed by atoms with E-state index in [1.165, 1.54) is 11.3 Å². The van der Waals surface area contributed by atoms with Gasteiger partial charge in [0.1, 0.15) is 0 Å². The van der Waals surface area contributed by atoms with Gasteiger partial charge in [0.05, 0.1) is 12.0 Å². The molecule has 1 saturated heterocycles. The van der Waals surface area contributed by atoms with Crippen molar-refractivity contribution in [3.05, 3.63) is 63.8 Å². The number of benzene rings is 1. The third-order valence-corrected chi connectivity index (χ3v) is 6.37. The van der Waals surface area contributed by atoms with Crippen molar-refractivity contribution in [3.63, 3.8) is 0 Å². The van der Waals surface area contributed by atoms with Gasteiger partial charge in [-0.1, -0.05) is 23.8 Å². The first-order chi connectivity index (χ1) is 13.1. The molecule has 3 aromatic rings. The van der Waals surface area contributed by atoms with Crippen LogP contribution >= 0.6 is 22.7 Å². The highest BCUT2D eigenvalue weighted by molar-refractivity contribution is 7.13. The lowest BCUT2D eigenvalue weighted by Gasteiger charge is -2.40. The van der Waals surface area contributed by atoms with Gasteiger partial charge in [-0.2, -0.15) is 0 Å². The van der Waals surface area contributed by atoms with E-state index in [0.29, 0.717) is 18.0 Å². The zero-order valence-electron chi connectivity index (χ0n) is 14.8. The van der Waals surface area contributed by atoms with Crippen molar-refractivity contribution in [2.75, 3.05) is 10.2 Å². The molecular formula is C20H19N3O2S2. The van der Waals surface area contributed by atoms with Crippen LogP contribution in [0, 0.1) is 12.8 Å². The molecule has 0 radical (unpaired) electrons. The van der Waals surface area contributed by atoms with Gasteiger partial charge in [0.2, 0.25) is 11.8 Å². The Balaban J connectivity index is 1.71. The standard InChI is InChI=1S/C20H19N3O2S2/c1-13-4-6-14(7-5-13)23-17(24)9-8-15(18(23)16-3-2-11-26-16)19(25)22-20-21-10-12-27-20/h2-7,10-12,15,18H,8-9H2,1H3,(H,21,22,25)/t15-,18-/m0/s1. The molecule has 3 heterocycles. The summed E-state index contributed by atoms with van der Waals surface area (Å²) in [6, 6.07) is 11.5. The molecule has 0 aliphatic carbocycles. The lowest BCUT2D eigenvalue weighted by atomic mass is 9.86. The van der Waals surface area contributed by atoms with Crippen LogP contribution in [0.15, 0.2) is 53.4 Å². The largest absolute Gasteiger partial charge is 0.303 e. The fourth-order valence-corrected chi connectivity index (χ4v) is 4.86. The van der Waals surface area contributed by atoms with Crippen LogP contribution in [0.2, 0.25) is 0 Å². The van der Waals surface area contributed by atoms with Gasteiger partial charge in [-0.15, -0.1) is 22.7 Å². The Kier molecular flexibility index (Phi) is 5.05. The van der Waals surface area contributed by atoms with E-state index in [2.05, 4.69) is 10.3 Å². The number of rotatable bonds is 4. The number of carbonyl (C=O) groups is 2. The minimum absolute atomic E-state index is 0.0514. The summed E-state index contributed by atoms with van der Waals surface area (Å²) >= 11 is 2.97. The monoisotopic (exact) mass is 397 g/mol. The second-order valence-electron chi connectivity index (χ2n) is 6.53. The smallest absolute Gasteiger partial charge is 0.231 e. The third kappa shape index (κ3) is 3.65. The number of thiazole rings is 1. The van der Waals surface area contributed by atoms with Crippen molar-refractivity contribution >= 4 is 45.3 Å². The number of piperidine rings is 1. The van der Waals surface area contributed by atoms with Gasteiger partial charge in [0, 0.05) is 28.6 Å². The van der Waals surface area contributed by atoms with Crippen LogP contribution in [0.3, 0.4) is 0 Å². The Labute approximate surface area is 165 Å². The number of hydrogen-bond donors (Lipinski definition) is 1. The average Bonchev–Trinajstić information content (AvgIpc) is 3.36. The SMILES string of the molecule is Cc1ccc(N2C(=O)CC[C@H](C(=O)Nc3nccs3)[C@H]2c2cccs2)cc1. The fourth-order valence-electron chi connectivity index (χ4n) is 3.45. The van der Waals surface area contributed by atoms with E-state index in [1.54, 1.807) is 22.4 Å². The minimum atomic E-state index is -0.327. The minimum Gasteiger partial charge on any atom is -0.303 e. The second-order valence-corrected chi connectivity index (χ2v) is 8.41. The summed E-state index contributed by atoms with van der Waals surface area (Å²) in [7, 11) is 0. The van der Waals surface area contributed by atoms with Crippen molar-refractivity contribution in [2.45, 2.75) is 25.8 Å². The first kappa shape index (κ1) is 17.9. The highest BCUT2D eigenvalue weighted by Crippen LogP contribution is 2.42. The molecule has 2 atom stereocenters. The molecule has 0 bridgehead atoms. The molecule has 2 amide bonds. The molecule has 1 aliphatic heterocycles. The van der Waals surface area contributed by atoms with Crippen molar-refractivity contribution < 1.29 is 9.59 Å². The van der Waals surface area contributed by atoms with Crippen LogP contribution in [0.1, 0.15) is 29.3 Å². The van der Waals surface area contributed by atoms with Crippen LogP contribution < -0.4 is 10.2 Å². The van der Waals surface area contributed by atoms with E-state index < -0.39 is 0 Å². The molecule has 2 aromatic heterocycles. The molecule has 5 nitrogen and oxygen atoms in total. The van der Waals surface area contributed by atoms with Gasteiger partial charge < -0.3 is 10.2 Å². The highest BCUT2D eigenvalue weighted by atomic mass is 32.1. The number of carbonyl (C=O) groups excluding carboxylic acids is 2. The summed E-state index contributed by atoms with van der Waals surface area (Å²) in [5.74, 6) is -0.366. The number of nitrogens with one attached hydrogen (secondary N) is 1. The number of aryl methyl sites for hydroxylation is 1. The van der Waals surface area contributed by atoms with Gasteiger partial charge in [-0.25, -0.2) is 4.98 Å². The zero-order valence-corrected chi connectivity index (χ0v) is 16.4. The number of nitrogens with zero attached hydrogens (tertiary/aromatic N) is 2. The topological polar surface area (TPSA) is 62.3 Å². The molecule has 1 N–H and O–H groups in total. The average molecular weight is 398 g/mol. The second kappa shape index (κ2) is 7.62. The van der Waals surface area contributed by atoms with Gasteiger partial charge in [-0.05, 0) is 36.9 Å². The normalized spacial score (nSPS) is 19.9. The Bertz CT molecular complexity index is 921. The lowest BCUT2D eigenvalue weighted by Crippen LogP contribution is -2.46. The molecule has 1 fully saturated rings. The molecule has 7 heteroatoms. The summed E-state index contributed by atoms with van der Waals surface area (Å²) < 4.78 is 0.